The lowest BCUT2D eigenvalue weighted by molar-refractivity contribution is 0.0746. The number of halogens is 2. The minimum Gasteiger partial charge on any atom is -0.345 e. The van der Waals surface area contributed by atoms with Gasteiger partial charge in [-0.2, -0.15) is 0 Å². The summed E-state index contributed by atoms with van der Waals surface area (Å²) < 4.78 is 27.8. The molecule has 0 N–H and O–H groups in total. The van der Waals surface area contributed by atoms with Gasteiger partial charge in [0.1, 0.15) is 11.3 Å². The van der Waals surface area contributed by atoms with E-state index in [-0.39, 0.29) is 11.4 Å². The fourth-order valence-corrected chi connectivity index (χ4v) is 4.94. The summed E-state index contributed by atoms with van der Waals surface area (Å²) in [5, 5.41) is 0.660. The molecule has 1 fully saturated rings. The van der Waals surface area contributed by atoms with Crippen LogP contribution in [-0.4, -0.2) is 47.7 Å². The highest BCUT2D eigenvalue weighted by Gasteiger charge is 2.24. The number of nitrogens with zero attached hydrogens (tertiary/aromatic N) is 3. The number of carbonyl (C=O) groups is 1. The zero-order valence-electron chi connectivity index (χ0n) is 15.3. The molecule has 8 heteroatoms. The Labute approximate surface area is 170 Å². The topological polar surface area (TPSA) is 36.4 Å². The molecule has 0 saturated carbocycles. The third-order valence-corrected chi connectivity index (χ3v) is 6.61. The Hall–Kier alpha value is -2.19. The lowest BCUT2D eigenvalue weighted by Gasteiger charge is -2.34. The van der Waals surface area contributed by atoms with E-state index in [1.807, 2.05) is 34.1 Å². The van der Waals surface area contributed by atoms with E-state index in [2.05, 4.69) is 11.9 Å². The van der Waals surface area contributed by atoms with Crippen molar-refractivity contribution in [1.29, 1.82) is 0 Å². The van der Waals surface area contributed by atoms with Crippen molar-refractivity contribution in [1.82, 2.24) is 9.88 Å². The van der Waals surface area contributed by atoms with E-state index in [0.29, 0.717) is 41.6 Å². The smallest absolute Gasteiger partial charge is 0.253 e. The standard InChI is InChI=1S/C20H19F2N3OS2/c1-2-27-15-5-3-13(4-6-15)19(26)24-7-9-25(10-8-24)20-23-18-16(22)11-14(21)12-17(18)28-20/h3-6,11-12H,2,7-10H2,1H3. The fourth-order valence-electron chi connectivity index (χ4n) is 3.22. The second-order valence-corrected chi connectivity index (χ2v) is 8.81. The minimum absolute atomic E-state index is 0.0186. The molecule has 4 nitrogen and oxygen atoms in total. The molecule has 1 aliphatic heterocycles. The molecule has 0 atom stereocenters. The van der Waals surface area contributed by atoms with Gasteiger partial charge in [-0.25, -0.2) is 13.8 Å². The average Bonchev–Trinajstić information content (AvgIpc) is 3.13. The molecule has 2 aromatic carbocycles. The Kier molecular flexibility index (Phi) is 5.50. The van der Waals surface area contributed by atoms with E-state index in [1.54, 1.807) is 11.8 Å². The quantitative estimate of drug-likeness (QED) is 0.577. The lowest BCUT2D eigenvalue weighted by Crippen LogP contribution is -2.48. The second-order valence-electron chi connectivity index (χ2n) is 6.47. The molecule has 1 aromatic heterocycles. The van der Waals surface area contributed by atoms with Gasteiger partial charge in [0.05, 0.1) is 4.70 Å². The molecule has 0 aliphatic carbocycles. The van der Waals surface area contributed by atoms with Crippen molar-refractivity contribution >= 4 is 44.4 Å². The maximum atomic E-state index is 13.9. The van der Waals surface area contributed by atoms with Crippen molar-refractivity contribution < 1.29 is 13.6 Å². The van der Waals surface area contributed by atoms with Crippen molar-refractivity contribution in [2.24, 2.45) is 0 Å². The summed E-state index contributed by atoms with van der Waals surface area (Å²) >= 11 is 3.02. The van der Waals surface area contributed by atoms with Crippen LogP contribution in [0.3, 0.4) is 0 Å². The summed E-state index contributed by atoms with van der Waals surface area (Å²) in [5.41, 5.74) is 0.886. The molecule has 1 aliphatic rings. The van der Waals surface area contributed by atoms with E-state index in [9.17, 15) is 13.6 Å². The van der Waals surface area contributed by atoms with Crippen molar-refractivity contribution in [3.63, 3.8) is 0 Å². The highest BCUT2D eigenvalue weighted by atomic mass is 32.2. The fraction of sp³-hybridized carbons (Fsp3) is 0.300. The zero-order valence-corrected chi connectivity index (χ0v) is 17.0. The number of fused-ring (bicyclic) bond motifs is 1. The van der Waals surface area contributed by atoms with E-state index in [4.69, 9.17) is 0 Å². The molecule has 3 aromatic rings. The van der Waals surface area contributed by atoms with Crippen LogP contribution in [0.15, 0.2) is 41.3 Å². The zero-order chi connectivity index (χ0) is 19.7. The maximum absolute atomic E-state index is 13.9. The Bertz CT molecular complexity index is 999. The van der Waals surface area contributed by atoms with Gasteiger partial charge in [-0.15, -0.1) is 11.8 Å². The van der Waals surface area contributed by atoms with Gasteiger partial charge in [-0.3, -0.25) is 4.79 Å². The number of aromatic nitrogens is 1. The molecule has 0 unspecified atom stereocenters. The van der Waals surface area contributed by atoms with Gasteiger partial charge < -0.3 is 9.80 Å². The Morgan fingerprint density at radius 2 is 1.86 bits per heavy atom. The molecular weight excluding hydrogens is 400 g/mol. The third-order valence-electron chi connectivity index (χ3n) is 4.65. The van der Waals surface area contributed by atoms with Gasteiger partial charge in [0.2, 0.25) is 0 Å². The van der Waals surface area contributed by atoms with Crippen LogP contribution in [0.5, 0.6) is 0 Å². The van der Waals surface area contributed by atoms with Gasteiger partial charge >= 0.3 is 0 Å². The van der Waals surface area contributed by atoms with Crippen LogP contribution in [0.1, 0.15) is 17.3 Å². The summed E-state index contributed by atoms with van der Waals surface area (Å²) in [7, 11) is 0. The van der Waals surface area contributed by atoms with Gasteiger partial charge in [-0.1, -0.05) is 18.3 Å². The summed E-state index contributed by atoms with van der Waals surface area (Å²) in [6.07, 6.45) is 0. The third kappa shape index (κ3) is 3.84. The van der Waals surface area contributed by atoms with Crippen LogP contribution in [0, 0.1) is 11.6 Å². The van der Waals surface area contributed by atoms with Crippen LogP contribution in [0.4, 0.5) is 13.9 Å². The molecule has 1 saturated heterocycles. The molecule has 0 radical (unpaired) electrons. The monoisotopic (exact) mass is 419 g/mol. The first-order chi connectivity index (χ1) is 13.5. The summed E-state index contributed by atoms with van der Waals surface area (Å²) in [4.78, 5) is 22.1. The van der Waals surface area contributed by atoms with E-state index in [1.165, 1.54) is 17.4 Å². The number of hydrogen-bond acceptors (Lipinski definition) is 5. The number of thioether (sulfide) groups is 1. The molecule has 0 bridgehead atoms. The summed E-state index contributed by atoms with van der Waals surface area (Å²) in [5.74, 6) is -0.225. The molecule has 28 heavy (non-hydrogen) atoms. The number of thiazole rings is 1. The highest BCUT2D eigenvalue weighted by Crippen LogP contribution is 2.31. The molecule has 4 rings (SSSR count). The molecule has 146 valence electrons. The van der Waals surface area contributed by atoms with Gasteiger partial charge in [-0.05, 0) is 36.1 Å². The van der Waals surface area contributed by atoms with E-state index >= 15 is 0 Å². The molecular formula is C20H19F2N3OS2. The molecule has 1 amide bonds. The number of benzene rings is 2. The Morgan fingerprint density at radius 3 is 2.54 bits per heavy atom. The summed E-state index contributed by atoms with van der Waals surface area (Å²) in [6.45, 7) is 4.45. The first-order valence-electron chi connectivity index (χ1n) is 9.08. The molecule has 2 heterocycles. The van der Waals surface area contributed by atoms with Crippen LogP contribution in [0.2, 0.25) is 0 Å². The average molecular weight is 420 g/mol. The van der Waals surface area contributed by atoms with Crippen molar-refractivity contribution in [3.05, 3.63) is 53.6 Å². The highest BCUT2D eigenvalue weighted by molar-refractivity contribution is 7.99. The Balaban J connectivity index is 1.43. The first-order valence-corrected chi connectivity index (χ1v) is 10.9. The maximum Gasteiger partial charge on any atom is 0.253 e. The van der Waals surface area contributed by atoms with Gasteiger partial charge in [0, 0.05) is 42.7 Å². The SMILES string of the molecule is CCSc1ccc(C(=O)N2CCN(c3nc4c(F)cc(F)cc4s3)CC2)cc1. The number of piperazine rings is 1. The normalized spacial score (nSPS) is 14.7. The van der Waals surface area contributed by atoms with Crippen molar-refractivity contribution in [3.8, 4) is 0 Å². The summed E-state index contributed by atoms with van der Waals surface area (Å²) in [6, 6.07) is 9.86. The van der Waals surface area contributed by atoms with Crippen molar-refractivity contribution in [2.45, 2.75) is 11.8 Å². The number of amides is 1. The Morgan fingerprint density at radius 1 is 1.14 bits per heavy atom. The van der Waals surface area contributed by atoms with Crippen LogP contribution in [-0.2, 0) is 0 Å². The largest absolute Gasteiger partial charge is 0.345 e. The number of hydrogen-bond donors (Lipinski definition) is 0. The lowest BCUT2D eigenvalue weighted by atomic mass is 10.2. The number of rotatable bonds is 4. The van der Waals surface area contributed by atoms with Crippen LogP contribution >= 0.6 is 23.1 Å². The predicted molar refractivity (Wildman–Crippen MR) is 110 cm³/mol. The van der Waals surface area contributed by atoms with E-state index in [0.717, 1.165) is 16.7 Å². The van der Waals surface area contributed by atoms with Crippen LogP contribution < -0.4 is 4.90 Å². The second kappa shape index (κ2) is 8.05. The number of anilines is 1. The predicted octanol–water partition coefficient (Wildman–Crippen LogP) is 4.65. The minimum atomic E-state index is -0.643. The first kappa shape index (κ1) is 19.1. The van der Waals surface area contributed by atoms with Gasteiger partial charge in [0.25, 0.3) is 5.91 Å². The number of carbonyl (C=O) groups excluding carboxylic acids is 1. The van der Waals surface area contributed by atoms with Crippen LogP contribution in [0.25, 0.3) is 10.2 Å². The van der Waals surface area contributed by atoms with Crippen molar-refractivity contribution in [2.75, 3.05) is 36.8 Å². The van der Waals surface area contributed by atoms with Gasteiger partial charge in [0.15, 0.2) is 10.9 Å². The van der Waals surface area contributed by atoms with E-state index < -0.39 is 11.6 Å². The molecule has 0 spiro atoms.